The molecule has 8 rings (SSSR count). The first kappa shape index (κ1) is 35.3. The van der Waals surface area contributed by atoms with E-state index in [1.54, 1.807) is 30.5 Å². The van der Waals surface area contributed by atoms with Crippen LogP contribution in [-0.2, 0) is 27.3 Å². The van der Waals surface area contributed by atoms with Crippen molar-refractivity contribution in [3.05, 3.63) is 113 Å². The number of carbonyl (C=O) groups excluding carboxylic acids is 5. The number of aryl methyl sites for hydroxylation is 1. The Morgan fingerprint density at radius 2 is 1.76 bits per heavy atom. The average Bonchev–Trinajstić information content (AvgIpc) is 3.44. The molecular formula is C43H39N7O5. The van der Waals surface area contributed by atoms with E-state index < -0.39 is 11.9 Å². The van der Waals surface area contributed by atoms with Crippen LogP contribution in [0.3, 0.4) is 0 Å². The first-order valence-corrected chi connectivity index (χ1v) is 18.5. The van der Waals surface area contributed by atoms with Crippen molar-refractivity contribution >= 4 is 57.8 Å². The Labute approximate surface area is 317 Å². The second kappa shape index (κ2) is 14.6. The highest BCUT2D eigenvalue weighted by molar-refractivity contribution is 6.07. The quantitative estimate of drug-likeness (QED) is 0.144. The molecule has 5 amide bonds. The van der Waals surface area contributed by atoms with Crippen molar-refractivity contribution in [1.29, 1.82) is 0 Å². The number of imide groups is 1. The molecule has 1 unspecified atom stereocenters. The second-order valence-corrected chi connectivity index (χ2v) is 14.1. The van der Waals surface area contributed by atoms with Crippen LogP contribution in [-0.4, -0.2) is 63.0 Å². The molecule has 0 radical (unpaired) electrons. The van der Waals surface area contributed by atoms with Crippen LogP contribution < -0.4 is 21.3 Å². The van der Waals surface area contributed by atoms with Gasteiger partial charge in [0.15, 0.2) is 0 Å². The van der Waals surface area contributed by atoms with E-state index in [0.29, 0.717) is 18.4 Å². The van der Waals surface area contributed by atoms with Gasteiger partial charge in [-0.3, -0.25) is 39.3 Å². The highest BCUT2D eigenvalue weighted by atomic mass is 16.2. The number of hydrogen-bond donors (Lipinski definition) is 4. The summed E-state index contributed by atoms with van der Waals surface area (Å²) in [6.45, 7) is 4.60. The van der Waals surface area contributed by atoms with E-state index >= 15 is 0 Å². The molecule has 12 nitrogen and oxygen atoms in total. The Bertz CT molecular complexity index is 2440. The van der Waals surface area contributed by atoms with Gasteiger partial charge in [-0.05, 0) is 83.8 Å². The molecule has 2 aromatic heterocycles. The minimum atomic E-state index is -0.684. The van der Waals surface area contributed by atoms with Crippen molar-refractivity contribution in [3.63, 3.8) is 0 Å². The molecule has 0 saturated carbocycles. The minimum Gasteiger partial charge on any atom is -0.380 e. The molecular weight excluding hydrogens is 695 g/mol. The number of anilines is 2. The zero-order valence-corrected chi connectivity index (χ0v) is 30.4. The van der Waals surface area contributed by atoms with Crippen molar-refractivity contribution < 1.29 is 24.0 Å². The first-order valence-electron chi connectivity index (χ1n) is 18.5. The van der Waals surface area contributed by atoms with Crippen LogP contribution in [0.25, 0.3) is 39.2 Å². The zero-order valence-electron chi connectivity index (χ0n) is 30.4. The molecule has 5 aromatic rings. The largest absolute Gasteiger partial charge is 0.380 e. The lowest BCUT2D eigenvalue weighted by atomic mass is 9.94. The van der Waals surface area contributed by atoms with Gasteiger partial charge in [-0.1, -0.05) is 49.4 Å². The van der Waals surface area contributed by atoms with Gasteiger partial charge >= 0.3 is 0 Å². The molecule has 1 fully saturated rings. The van der Waals surface area contributed by atoms with Crippen LogP contribution in [0, 0.1) is 0 Å². The van der Waals surface area contributed by atoms with Gasteiger partial charge in [-0.15, -0.1) is 0 Å². The molecule has 0 spiro atoms. The predicted molar refractivity (Wildman–Crippen MR) is 210 cm³/mol. The third kappa shape index (κ3) is 6.94. The Balaban J connectivity index is 0.947. The molecule has 4 N–H and O–H groups in total. The van der Waals surface area contributed by atoms with Crippen molar-refractivity contribution in [2.75, 3.05) is 17.2 Å². The molecule has 5 heterocycles. The Kier molecular flexibility index (Phi) is 9.39. The molecule has 2 atom stereocenters. The standard InChI is InChI=1S/C43H39N7O5/c1-3-25-18-31(40-36(19-25)48-39(52)17-24(2)47-40)29-10-5-8-27-20-35(46-22-32(27)29)28-12-13-34(45-21-28)41(53)44-16-6-9-26-7-4-11-30-33(26)23-50(43(30)55)37-14-15-38(51)49-42(37)54/h4-13,18-22,24,37,47H,3,14-17,23H2,1-2H3,(H,44,53)(H,48,52)(H,49,51,54)/b9-6+/t24-,37?/m1/s1. The maximum Gasteiger partial charge on any atom is 0.270 e. The summed E-state index contributed by atoms with van der Waals surface area (Å²) >= 11 is 0. The van der Waals surface area contributed by atoms with Gasteiger partial charge < -0.3 is 20.9 Å². The molecule has 1 saturated heterocycles. The van der Waals surface area contributed by atoms with E-state index in [9.17, 15) is 24.0 Å². The molecule has 3 aliphatic rings. The van der Waals surface area contributed by atoms with E-state index in [1.807, 2.05) is 55.6 Å². The summed E-state index contributed by atoms with van der Waals surface area (Å²) in [4.78, 5) is 73.5. The number of aromatic nitrogens is 2. The third-order valence-corrected chi connectivity index (χ3v) is 10.4. The predicted octanol–water partition coefficient (Wildman–Crippen LogP) is 5.87. The van der Waals surface area contributed by atoms with Gasteiger partial charge in [-0.2, -0.15) is 0 Å². The fraction of sp³-hybridized carbons (Fsp3) is 0.233. The Hall–Kier alpha value is -6.69. The van der Waals surface area contributed by atoms with Crippen molar-refractivity contribution in [3.8, 4) is 22.4 Å². The number of rotatable bonds is 8. The van der Waals surface area contributed by atoms with Gasteiger partial charge in [-0.25, -0.2) is 0 Å². The van der Waals surface area contributed by atoms with Gasteiger partial charge in [0.2, 0.25) is 17.7 Å². The fourth-order valence-electron chi connectivity index (χ4n) is 7.59. The van der Waals surface area contributed by atoms with Crippen molar-refractivity contribution in [1.82, 2.24) is 25.5 Å². The summed E-state index contributed by atoms with van der Waals surface area (Å²) in [6, 6.07) is 20.6. The molecule has 3 aliphatic heterocycles. The summed E-state index contributed by atoms with van der Waals surface area (Å²) in [7, 11) is 0. The van der Waals surface area contributed by atoms with E-state index in [0.717, 1.165) is 67.6 Å². The third-order valence-electron chi connectivity index (χ3n) is 10.4. The lowest BCUT2D eigenvalue weighted by Crippen LogP contribution is -2.52. The summed E-state index contributed by atoms with van der Waals surface area (Å²) < 4.78 is 0. The summed E-state index contributed by atoms with van der Waals surface area (Å²) in [5.74, 6) is -1.35. The second-order valence-electron chi connectivity index (χ2n) is 14.1. The number of nitrogens with zero attached hydrogens (tertiary/aromatic N) is 3. The van der Waals surface area contributed by atoms with Gasteiger partial charge in [0.05, 0.1) is 17.1 Å². The highest BCUT2D eigenvalue weighted by Gasteiger charge is 2.39. The van der Waals surface area contributed by atoms with E-state index in [1.165, 1.54) is 4.90 Å². The topological polar surface area (TPSA) is 162 Å². The number of pyridine rings is 2. The lowest BCUT2D eigenvalue weighted by Gasteiger charge is -2.29. The lowest BCUT2D eigenvalue weighted by molar-refractivity contribution is -0.137. The highest BCUT2D eigenvalue weighted by Crippen LogP contribution is 2.41. The molecule has 3 aromatic carbocycles. The molecule has 0 aliphatic carbocycles. The molecule has 0 bridgehead atoms. The number of fused-ring (bicyclic) bond motifs is 3. The smallest absolute Gasteiger partial charge is 0.270 e. The maximum atomic E-state index is 13.1. The SMILES string of the molecule is CCc1cc2c(c(-c3cccc4cc(-c5ccc(C(=O)NC/C=C/c6cccc7c6CN(C6CCC(=O)NC6=O)C7=O)nc5)ncc34)c1)N[C@H](C)CC(=O)N2. The zero-order chi connectivity index (χ0) is 38.2. The van der Waals surface area contributed by atoms with Gasteiger partial charge in [0.25, 0.3) is 11.8 Å². The Morgan fingerprint density at radius 3 is 2.56 bits per heavy atom. The average molecular weight is 734 g/mol. The number of nitrogens with one attached hydrogen (secondary N) is 4. The van der Waals surface area contributed by atoms with Crippen molar-refractivity contribution in [2.45, 2.75) is 58.2 Å². The summed E-state index contributed by atoms with van der Waals surface area (Å²) in [5, 5.41) is 13.8. The van der Waals surface area contributed by atoms with Crippen LogP contribution in [0.4, 0.5) is 11.4 Å². The van der Waals surface area contributed by atoms with Gasteiger partial charge in [0.1, 0.15) is 11.7 Å². The first-order chi connectivity index (χ1) is 26.7. The number of piperidine rings is 1. The van der Waals surface area contributed by atoms with Crippen molar-refractivity contribution in [2.24, 2.45) is 0 Å². The summed E-state index contributed by atoms with van der Waals surface area (Å²) in [5.41, 5.74) is 8.72. The van der Waals surface area contributed by atoms with Crippen LogP contribution in [0.2, 0.25) is 0 Å². The van der Waals surface area contributed by atoms with Crippen LogP contribution in [0.1, 0.15) is 70.6 Å². The van der Waals surface area contributed by atoms with Crippen LogP contribution in [0.5, 0.6) is 0 Å². The minimum absolute atomic E-state index is 0.00980. The van der Waals surface area contributed by atoms with E-state index in [2.05, 4.69) is 45.3 Å². The summed E-state index contributed by atoms with van der Waals surface area (Å²) in [6.07, 6.45) is 8.85. The maximum absolute atomic E-state index is 13.1. The molecule has 12 heteroatoms. The van der Waals surface area contributed by atoms with Crippen LogP contribution >= 0.6 is 0 Å². The number of hydrogen-bond acceptors (Lipinski definition) is 8. The van der Waals surface area contributed by atoms with Gasteiger partial charge in [0, 0.05) is 66.4 Å². The van der Waals surface area contributed by atoms with Crippen LogP contribution in [0.15, 0.2) is 85.2 Å². The van der Waals surface area contributed by atoms with E-state index in [-0.39, 0.29) is 54.9 Å². The molecule has 55 heavy (non-hydrogen) atoms. The monoisotopic (exact) mass is 733 g/mol. The number of carbonyl (C=O) groups is 5. The fourth-order valence-corrected chi connectivity index (χ4v) is 7.59. The van der Waals surface area contributed by atoms with E-state index in [4.69, 9.17) is 4.98 Å². The normalized spacial score (nSPS) is 18.0. The number of amides is 5. The Morgan fingerprint density at radius 1 is 0.927 bits per heavy atom. The number of benzene rings is 3. The molecule has 276 valence electrons.